The van der Waals surface area contributed by atoms with Crippen molar-refractivity contribution in [1.82, 2.24) is 0 Å². The quantitative estimate of drug-likeness (QED) is 0.408. The highest BCUT2D eigenvalue weighted by atomic mass is 79.9. The summed E-state index contributed by atoms with van der Waals surface area (Å²) in [5.74, 6) is -0.247. The van der Waals surface area contributed by atoms with E-state index in [4.69, 9.17) is 4.74 Å². The van der Waals surface area contributed by atoms with Crippen LogP contribution in [0.15, 0.2) is 48.5 Å². The predicted octanol–water partition coefficient (Wildman–Crippen LogP) is 5.21. The highest BCUT2D eigenvalue weighted by Crippen LogP contribution is 2.29. The maximum Gasteiger partial charge on any atom is 0.338 e. The zero-order chi connectivity index (χ0) is 15.1. The number of alkyl halides is 1. The van der Waals surface area contributed by atoms with E-state index in [-0.39, 0.29) is 5.97 Å². The van der Waals surface area contributed by atoms with E-state index >= 15 is 0 Å². The van der Waals surface area contributed by atoms with E-state index in [1.165, 1.54) is 0 Å². The van der Waals surface area contributed by atoms with Crippen molar-refractivity contribution in [2.24, 2.45) is 0 Å². The van der Waals surface area contributed by atoms with Gasteiger partial charge in [-0.2, -0.15) is 0 Å². The van der Waals surface area contributed by atoms with Gasteiger partial charge in [-0.25, -0.2) is 4.79 Å². The summed E-state index contributed by atoms with van der Waals surface area (Å²) in [6.07, 6.45) is 1.91. The molecule has 0 aliphatic carbocycles. The Morgan fingerprint density at radius 2 is 1.71 bits per heavy atom. The number of halogens is 1. The maximum atomic E-state index is 12.3. The molecule has 0 bridgehead atoms. The zero-order valence-corrected chi connectivity index (χ0v) is 13.7. The molecule has 0 saturated carbocycles. The van der Waals surface area contributed by atoms with Crippen molar-refractivity contribution in [2.75, 3.05) is 6.61 Å². The molecule has 0 atom stereocenters. The van der Waals surface area contributed by atoms with E-state index in [9.17, 15) is 4.79 Å². The third-order valence-corrected chi connectivity index (χ3v) is 3.93. The van der Waals surface area contributed by atoms with Gasteiger partial charge in [-0.05, 0) is 29.2 Å². The standard InChI is InChI=1S/C18H19BrO2/c1-2-3-12-21-18(20)17-11-7-6-10-16(17)15-9-5-4-8-14(15)13-19/h4-11H,2-3,12-13H2,1H3. The van der Waals surface area contributed by atoms with E-state index in [0.717, 1.165) is 34.9 Å². The van der Waals surface area contributed by atoms with Crippen LogP contribution in [0.4, 0.5) is 0 Å². The van der Waals surface area contributed by atoms with Crippen molar-refractivity contribution in [1.29, 1.82) is 0 Å². The first-order valence-corrected chi connectivity index (χ1v) is 8.30. The normalized spacial score (nSPS) is 10.4. The van der Waals surface area contributed by atoms with Gasteiger partial charge in [-0.3, -0.25) is 0 Å². The smallest absolute Gasteiger partial charge is 0.338 e. The van der Waals surface area contributed by atoms with Gasteiger partial charge in [0.15, 0.2) is 0 Å². The number of hydrogen-bond donors (Lipinski definition) is 0. The van der Waals surface area contributed by atoms with Gasteiger partial charge < -0.3 is 4.74 Å². The third kappa shape index (κ3) is 3.94. The summed E-state index contributed by atoms with van der Waals surface area (Å²) in [6.45, 7) is 2.55. The van der Waals surface area contributed by atoms with Crippen molar-refractivity contribution in [3.8, 4) is 11.1 Å². The lowest BCUT2D eigenvalue weighted by Gasteiger charge is -2.12. The van der Waals surface area contributed by atoms with Crippen LogP contribution in [0.25, 0.3) is 11.1 Å². The monoisotopic (exact) mass is 346 g/mol. The molecule has 0 spiro atoms. The van der Waals surface area contributed by atoms with Crippen LogP contribution >= 0.6 is 15.9 Å². The van der Waals surface area contributed by atoms with Crippen molar-refractivity contribution in [3.05, 3.63) is 59.7 Å². The molecule has 0 unspecified atom stereocenters. The number of carbonyl (C=O) groups excluding carboxylic acids is 1. The largest absolute Gasteiger partial charge is 0.462 e. The van der Waals surface area contributed by atoms with Gasteiger partial charge >= 0.3 is 5.97 Å². The second kappa shape index (κ2) is 7.99. The van der Waals surface area contributed by atoms with Crippen molar-refractivity contribution in [3.63, 3.8) is 0 Å². The van der Waals surface area contributed by atoms with Gasteiger partial charge in [0.25, 0.3) is 0 Å². The summed E-state index contributed by atoms with van der Waals surface area (Å²) in [4.78, 5) is 12.3. The molecule has 21 heavy (non-hydrogen) atoms. The summed E-state index contributed by atoms with van der Waals surface area (Å²) in [6, 6.07) is 15.7. The van der Waals surface area contributed by atoms with Crippen LogP contribution in [0.3, 0.4) is 0 Å². The molecule has 0 aromatic heterocycles. The topological polar surface area (TPSA) is 26.3 Å². The molecule has 0 radical (unpaired) electrons. The number of carbonyl (C=O) groups is 1. The molecule has 3 heteroatoms. The molecule has 2 nitrogen and oxygen atoms in total. The van der Waals surface area contributed by atoms with Gasteiger partial charge in [-0.1, -0.05) is 71.7 Å². The molecule has 0 aliphatic heterocycles. The summed E-state index contributed by atoms with van der Waals surface area (Å²) in [5, 5.41) is 0.752. The molecule has 0 N–H and O–H groups in total. The minimum atomic E-state index is -0.247. The molecule has 0 amide bonds. The molecular formula is C18H19BrO2. The lowest BCUT2D eigenvalue weighted by atomic mass is 9.96. The zero-order valence-electron chi connectivity index (χ0n) is 12.1. The van der Waals surface area contributed by atoms with Gasteiger partial charge in [0.2, 0.25) is 0 Å². The Bertz CT molecular complexity index is 608. The van der Waals surface area contributed by atoms with Crippen LogP contribution < -0.4 is 0 Å². The first-order chi connectivity index (χ1) is 10.3. The lowest BCUT2D eigenvalue weighted by molar-refractivity contribution is 0.0500. The fourth-order valence-corrected chi connectivity index (χ4v) is 2.67. The second-order valence-corrected chi connectivity index (χ2v) is 5.39. The van der Waals surface area contributed by atoms with Crippen LogP contribution in [0.5, 0.6) is 0 Å². The molecule has 0 aliphatic rings. The van der Waals surface area contributed by atoms with Crippen LogP contribution in [0, 0.1) is 0 Å². The van der Waals surface area contributed by atoms with Crippen LogP contribution in [0.1, 0.15) is 35.7 Å². The summed E-state index contributed by atoms with van der Waals surface area (Å²) in [7, 11) is 0. The number of esters is 1. The maximum absolute atomic E-state index is 12.3. The number of hydrogen-bond acceptors (Lipinski definition) is 2. The fraction of sp³-hybridized carbons (Fsp3) is 0.278. The van der Waals surface area contributed by atoms with E-state index in [1.807, 2.05) is 42.5 Å². The van der Waals surface area contributed by atoms with Crippen molar-refractivity contribution in [2.45, 2.75) is 25.1 Å². The Kier molecular flexibility index (Phi) is 6.00. The van der Waals surface area contributed by atoms with E-state index in [2.05, 4.69) is 28.9 Å². The first kappa shape index (κ1) is 15.8. The summed E-state index contributed by atoms with van der Waals surface area (Å²) >= 11 is 3.50. The Morgan fingerprint density at radius 1 is 1.05 bits per heavy atom. The van der Waals surface area contributed by atoms with Gasteiger partial charge in [0.05, 0.1) is 12.2 Å². The highest BCUT2D eigenvalue weighted by molar-refractivity contribution is 9.08. The lowest BCUT2D eigenvalue weighted by Crippen LogP contribution is -2.08. The van der Waals surface area contributed by atoms with Crippen molar-refractivity contribution < 1.29 is 9.53 Å². The first-order valence-electron chi connectivity index (χ1n) is 7.18. The van der Waals surface area contributed by atoms with Crippen LogP contribution in [-0.2, 0) is 10.1 Å². The third-order valence-electron chi connectivity index (χ3n) is 3.33. The predicted molar refractivity (Wildman–Crippen MR) is 89.7 cm³/mol. The molecular weight excluding hydrogens is 328 g/mol. The van der Waals surface area contributed by atoms with Crippen LogP contribution in [-0.4, -0.2) is 12.6 Å². The average molecular weight is 347 g/mol. The minimum Gasteiger partial charge on any atom is -0.462 e. The van der Waals surface area contributed by atoms with Gasteiger partial charge in [0, 0.05) is 5.33 Å². The molecule has 0 fully saturated rings. The molecule has 2 aromatic rings. The second-order valence-electron chi connectivity index (χ2n) is 4.83. The van der Waals surface area contributed by atoms with Crippen LogP contribution in [0.2, 0.25) is 0 Å². The Labute approximate surface area is 134 Å². The number of rotatable bonds is 6. The van der Waals surface area contributed by atoms with Crippen molar-refractivity contribution >= 4 is 21.9 Å². The highest BCUT2D eigenvalue weighted by Gasteiger charge is 2.15. The summed E-state index contributed by atoms with van der Waals surface area (Å²) < 4.78 is 5.35. The number of ether oxygens (including phenoxy) is 1. The fourth-order valence-electron chi connectivity index (χ4n) is 2.18. The van der Waals surface area contributed by atoms with Gasteiger partial charge in [0.1, 0.15) is 0 Å². The SMILES string of the molecule is CCCCOC(=O)c1ccccc1-c1ccccc1CBr. The minimum absolute atomic E-state index is 0.247. The molecule has 2 rings (SSSR count). The molecule has 110 valence electrons. The van der Waals surface area contributed by atoms with Gasteiger partial charge in [-0.15, -0.1) is 0 Å². The van der Waals surface area contributed by atoms with E-state index < -0.39 is 0 Å². The Balaban J connectivity index is 2.34. The number of benzene rings is 2. The Morgan fingerprint density at radius 3 is 2.43 bits per heavy atom. The summed E-state index contributed by atoms with van der Waals surface area (Å²) in [5.41, 5.74) is 3.78. The molecule has 0 saturated heterocycles. The van der Waals surface area contributed by atoms with E-state index in [0.29, 0.717) is 12.2 Å². The Hall–Kier alpha value is -1.61. The van der Waals surface area contributed by atoms with E-state index in [1.54, 1.807) is 0 Å². The molecule has 0 heterocycles. The molecule has 2 aromatic carbocycles. The number of unbranched alkanes of at least 4 members (excludes halogenated alkanes) is 1. The average Bonchev–Trinajstić information content (AvgIpc) is 2.55.